The lowest BCUT2D eigenvalue weighted by atomic mass is 9.87. The average molecular weight is 419 g/mol. The van der Waals surface area contributed by atoms with E-state index >= 15 is 0 Å². The van der Waals surface area contributed by atoms with Crippen LogP contribution in [0.2, 0.25) is 0 Å². The summed E-state index contributed by atoms with van der Waals surface area (Å²) in [5.74, 6) is 0.587. The van der Waals surface area contributed by atoms with E-state index in [0.717, 1.165) is 47.2 Å². The number of nitrogens with zero attached hydrogens (tertiary/aromatic N) is 4. The minimum atomic E-state index is 0.0433. The van der Waals surface area contributed by atoms with Crippen molar-refractivity contribution < 1.29 is 4.79 Å². The molecule has 5 heteroatoms. The number of allylic oxidation sites excluding steroid dienone is 3. The fourth-order valence-electron chi connectivity index (χ4n) is 4.75. The Bertz CT molecular complexity index is 1070. The lowest BCUT2D eigenvalue weighted by Crippen LogP contribution is -2.37. The van der Waals surface area contributed by atoms with Crippen molar-refractivity contribution >= 4 is 22.4 Å². The largest absolute Gasteiger partial charge is 0.309 e. The standard InChI is InChI=1S/C26H34N4O/c1-6-29-11-9-21(10-12-29)22-8-7-20(4)30(17-22)25(31)14-18(2)23-13-19(3)26-24(15-23)16-28(5)27-26/h7-8,13-17,20-21H,6,9-12H2,1-5H3/b18-14+. The minimum Gasteiger partial charge on any atom is -0.309 e. The summed E-state index contributed by atoms with van der Waals surface area (Å²) in [6.07, 6.45) is 12.6. The molecule has 2 aliphatic rings. The predicted molar refractivity (Wildman–Crippen MR) is 127 cm³/mol. The van der Waals surface area contributed by atoms with Crippen LogP contribution in [0.3, 0.4) is 0 Å². The number of aryl methyl sites for hydroxylation is 2. The molecular formula is C26H34N4O. The summed E-state index contributed by atoms with van der Waals surface area (Å²) in [7, 11) is 1.94. The third kappa shape index (κ3) is 4.52. The maximum Gasteiger partial charge on any atom is 0.251 e. The van der Waals surface area contributed by atoms with Crippen LogP contribution in [0.1, 0.15) is 44.7 Å². The third-order valence-corrected chi connectivity index (χ3v) is 6.76. The molecule has 1 unspecified atom stereocenters. The number of rotatable bonds is 4. The quantitative estimate of drug-likeness (QED) is 0.677. The van der Waals surface area contributed by atoms with Crippen LogP contribution in [0.25, 0.3) is 16.5 Å². The molecule has 164 valence electrons. The van der Waals surface area contributed by atoms with Gasteiger partial charge in [-0.2, -0.15) is 5.10 Å². The Morgan fingerprint density at radius 2 is 2.00 bits per heavy atom. The first-order valence-corrected chi connectivity index (χ1v) is 11.4. The predicted octanol–water partition coefficient (Wildman–Crippen LogP) is 4.69. The number of piperidine rings is 1. The van der Waals surface area contributed by atoms with Crippen molar-refractivity contribution in [1.29, 1.82) is 0 Å². The molecular weight excluding hydrogens is 384 g/mol. The van der Waals surface area contributed by atoms with E-state index in [1.807, 2.05) is 29.7 Å². The Morgan fingerprint density at radius 3 is 2.71 bits per heavy atom. The molecule has 0 N–H and O–H groups in total. The van der Waals surface area contributed by atoms with Crippen LogP contribution in [0, 0.1) is 12.8 Å². The number of benzene rings is 1. The number of likely N-dealkylation sites (tertiary alicyclic amines) is 1. The molecule has 31 heavy (non-hydrogen) atoms. The second-order valence-electron chi connectivity index (χ2n) is 9.04. The minimum absolute atomic E-state index is 0.0433. The van der Waals surface area contributed by atoms with Crippen LogP contribution in [0.15, 0.2) is 48.3 Å². The normalized spacial score (nSPS) is 21.1. The molecule has 0 saturated carbocycles. The SMILES string of the molecule is CCN1CCC(C2=CN(C(=O)/C=C(\C)c3cc(C)c4nn(C)cc4c3)C(C)C=C2)CC1. The highest BCUT2D eigenvalue weighted by atomic mass is 16.2. The summed E-state index contributed by atoms with van der Waals surface area (Å²) in [6, 6.07) is 4.31. The van der Waals surface area contributed by atoms with Crippen molar-refractivity contribution in [2.75, 3.05) is 19.6 Å². The van der Waals surface area contributed by atoms with Gasteiger partial charge in [0.1, 0.15) is 0 Å². The first kappa shape index (κ1) is 21.6. The zero-order valence-electron chi connectivity index (χ0n) is 19.4. The highest BCUT2D eigenvalue weighted by Crippen LogP contribution is 2.29. The second-order valence-corrected chi connectivity index (χ2v) is 9.04. The lowest BCUT2D eigenvalue weighted by molar-refractivity contribution is -0.124. The highest BCUT2D eigenvalue weighted by Gasteiger charge is 2.25. The molecule has 2 aromatic rings. The van der Waals surface area contributed by atoms with Gasteiger partial charge in [-0.25, -0.2) is 0 Å². The number of fused-ring (bicyclic) bond motifs is 1. The molecule has 1 aromatic heterocycles. The van der Waals surface area contributed by atoms with Crippen LogP contribution in [-0.2, 0) is 11.8 Å². The number of hydrogen-bond donors (Lipinski definition) is 0. The first-order valence-electron chi connectivity index (χ1n) is 11.4. The van der Waals surface area contributed by atoms with Crippen molar-refractivity contribution in [3.8, 4) is 0 Å². The van der Waals surface area contributed by atoms with Gasteiger partial charge in [0, 0.05) is 30.9 Å². The molecule has 5 nitrogen and oxygen atoms in total. The monoisotopic (exact) mass is 418 g/mol. The summed E-state index contributed by atoms with van der Waals surface area (Å²) in [5.41, 5.74) is 5.49. The van der Waals surface area contributed by atoms with Crippen molar-refractivity contribution in [3.63, 3.8) is 0 Å². The van der Waals surface area contributed by atoms with E-state index < -0.39 is 0 Å². The lowest BCUT2D eigenvalue weighted by Gasteiger charge is -2.34. The number of hydrogen-bond acceptors (Lipinski definition) is 3. The molecule has 0 bridgehead atoms. The van der Waals surface area contributed by atoms with E-state index in [-0.39, 0.29) is 11.9 Å². The van der Waals surface area contributed by atoms with Crippen molar-refractivity contribution in [3.05, 3.63) is 59.5 Å². The number of carbonyl (C=O) groups is 1. The Balaban J connectivity index is 1.54. The molecule has 1 aromatic carbocycles. The summed E-state index contributed by atoms with van der Waals surface area (Å²) in [6.45, 7) is 11.8. The van der Waals surface area contributed by atoms with Gasteiger partial charge in [-0.05, 0) is 93.6 Å². The van der Waals surface area contributed by atoms with Crippen LogP contribution in [-0.4, -0.2) is 51.2 Å². The Hall–Kier alpha value is -2.66. The fraction of sp³-hybridized carbons (Fsp3) is 0.462. The molecule has 1 amide bonds. The van der Waals surface area contributed by atoms with E-state index in [9.17, 15) is 4.79 Å². The van der Waals surface area contributed by atoms with Crippen LogP contribution in [0.4, 0.5) is 0 Å². The first-order chi connectivity index (χ1) is 14.9. The van der Waals surface area contributed by atoms with Gasteiger partial charge in [-0.1, -0.05) is 19.1 Å². The van der Waals surface area contributed by atoms with E-state index in [0.29, 0.717) is 5.92 Å². The van der Waals surface area contributed by atoms with Crippen LogP contribution in [0.5, 0.6) is 0 Å². The van der Waals surface area contributed by atoms with E-state index in [4.69, 9.17) is 0 Å². The molecule has 4 rings (SSSR count). The van der Waals surface area contributed by atoms with Gasteiger partial charge in [0.25, 0.3) is 5.91 Å². The van der Waals surface area contributed by atoms with E-state index in [1.54, 1.807) is 6.08 Å². The molecule has 1 fully saturated rings. The van der Waals surface area contributed by atoms with Crippen molar-refractivity contribution in [2.45, 2.75) is 46.6 Å². The molecule has 1 saturated heterocycles. The number of amides is 1. The molecule has 3 heterocycles. The number of carbonyl (C=O) groups excluding carboxylic acids is 1. The van der Waals surface area contributed by atoms with Gasteiger partial charge in [-0.15, -0.1) is 0 Å². The Morgan fingerprint density at radius 1 is 1.26 bits per heavy atom. The second kappa shape index (κ2) is 8.83. The van der Waals surface area contributed by atoms with Gasteiger partial charge >= 0.3 is 0 Å². The Labute approximate surface area is 185 Å². The van der Waals surface area contributed by atoms with E-state index in [1.165, 1.54) is 18.4 Å². The summed E-state index contributed by atoms with van der Waals surface area (Å²) in [4.78, 5) is 17.6. The number of aromatic nitrogens is 2. The maximum atomic E-state index is 13.2. The molecule has 1 atom stereocenters. The molecule has 0 aliphatic carbocycles. The molecule has 0 radical (unpaired) electrons. The van der Waals surface area contributed by atoms with Gasteiger partial charge < -0.3 is 9.80 Å². The van der Waals surface area contributed by atoms with Crippen molar-refractivity contribution in [2.24, 2.45) is 13.0 Å². The Kier molecular flexibility index (Phi) is 6.15. The van der Waals surface area contributed by atoms with Gasteiger partial charge in [-0.3, -0.25) is 9.48 Å². The fourth-order valence-corrected chi connectivity index (χ4v) is 4.75. The van der Waals surface area contributed by atoms with Gasteiger partial charge in [0.15, 0.2) is 0 Å². The maximum absolute atomic E-state index is 13.2. The molecule has 0 spiro atoms. The zero-order chi connectivity index (χ0) is 22.1. The summed E-state index contributed by atoms with van der Waals surface area (Å²) >= 11 is 0. The third-order valence-electron chi connectivity index (χ3n) is 6.76. The van der Waals surface area contributed by atoms with Crippen LogP contribution < -0.4 is 0 Å². The van der Waals surface area contributed by atoms with Gasteiger partial charge in [0.2, 0.25) is 0 Å². The van der Waals surface area contributed by atoms with Gasteiger partial charge in [0.05, 0.1) is 11.6 Å². The van der Waals surface area contributed by atoms with Crippen molar-refractivity contribution in [1.82, 2.24) is 19.6 Å². The topological polar surface area (TPSA) is 41.4 Å². The van der Waals surface area contributed by atoms with Crippen LogP contribution >= 0.6 is 0 Å². The smallest absolute Gasteiger partial charge is 0.251 e. The average Bonchev–Trinajstić information content (AvgIpc) is 3.15. The van der Waals surface area contributed by atoms with E-state index in [2.05, 4.69) is 61.3 Å². The zero-order valence-corrected chi connectivity index (χ0v) is 19.4. The summed E-state index contributed by atoms with van der Waals surface area (Å²) < 4.78 is 1.84. The molecule has 2 aliphatic heterocycles. The highest BCUT2D eigenvalue weighted by molar-refractivity contribution is 5.97. The summed E-state index contributed by atoms with van der Waals surface area (Å²) in [5, 5.41) is 5.63.